The molecule has 0 atom stereocenters. The number of rotatable bonds is 7. The molecular formula is C22H24ClN3O2. The number of ether oxygens (including phenoxy) is 1. The smallest absolute Gasteiger partial charge is 0.262 e. The van der Waals surface area contributed by atoms with Crippen LogP contribution in [0.25, 0.3) is 10.9 Å². The molecule has 0 aliphatic heterocycles. The fourth-order valence-electron chi connectivity index (χ4n) is 3.14. The van der Waals surface area contributed by atoms with Gasteiger partial charge in [-0.25, -0.2) is 0 Å². The van der Waals surface area contributed by atoms with Crippen LogP contribution in [0.15, 0.2) is 48.7 Å². The summed E-state index contributed by atoms with van der Waals surface area (Å²) in [6, 6.07) is 13.2. The van der Waals surface area contributed by atoms with Crippen molar-refractivity contribution in [1.82, 2.24) is 4.98 Å². The van der Waals surface area contributed by atoms with Crippen LogP contribution in [0.2, 0.25) is 5.02 Å². The number of halogens is 1. The van der Waals surface area contributed by atoms with Crippen molar-refractivity contribution < 1.29 is 9.53 Å². The summed E-state index contributed by atoms with van der Waals surface area (Å²) in [5.41, 5.74) is 3.43. The van der Waals surface area contributed by atoms with Crippen LogP contribution in [0.5, 0.6) is 5.75 Å². The van der Waals surface area contributed by atoms with E-state index in [-0.39, 0.29) is 12.5 Å². The number of nitrogens with zero attached hydrogens (tertiary/aromatic N) is 2. The van der Waals surface area contributed by atoms with Crippen LogP contribution in [0.3, 0.4) is 0 Å². The van der Waals surface area contributed by atoms with E-state index in [0.717, 1.165) is 35.2 Å². The number of aryl methyl sites for hydroxylation is 1. The minimum absolute atomic E-state index is 0.0713. The van der Waals surface area contributed by atoms with Gasteiger partial charge in [-0.3, -0.25) is 9.78 Å². The molecule has 2 aromatic carbocycles. The number of anilines is 2. The van der Waals surface area contributed by atoms with Gasteiger partial charge in [0.05, 0.1) is 11.2 Å². The Kier molecular flexibility index (Phi) is 6.37. The fraction of sp³-hybridized carbons (Fsp3) is 0.273. The number of carbonyl (C=O) groups is 1. The van der Waals surface area contributed by atoms with Gasteiger partial charge in [0.15, 0.2) is 6.61 Å². The largest absolute Gasteiger partial charge is 0.484 e. The zero-order chi connectivity index (χ0) is 20.1. The van der Waals surface area contributed by atoms with Crippen molar-refractivity contribution in [3.8, 4) is 5.75 Å². The summed E-state index contributed by atoms with van der Waals surface area (Å²) in [6.07, 6.45) is 1.66. The third-order valence-corrected chi connectivity index (χ3v) is 5.10. The molecule has 1 aromatic heterocycles. The maximum absolute atomic E-state index is 12.4. The monoisotopic (exact) mass is 397 g/mol. The fourth-order valence-corrected chi connectivity index (χ4v) is 3.29. The summed E-state index contributed by atoms with van der Waals surface area (Å²) < 4.78 is 5.70. The number of amides is 1. The Labute approximate surface area is 170 Å². The Morgan fingerprint density at radius 1 is 1.18 bits per heavy atom. The zero-order valence-corrected chi connectivity index (χ0v) is 17.1. The standard InChI is InChI=1S/C22H24ClN3O2/c1-4-26(5-2)16-7-6-8-17(13-16)28-14-21(27)25-20-11-12-24-22-15(3)19(23)10-9-18(20)22/h6-13H,4-5,14H2,1-3H3,(H,24,25,27). The second-order valence-corrected chi connectivity index (χ2v) is 6.84. The van der Waals surface area contributed by atoms with E-state index in [4.69, 9.17) is 16.3 Å². The minimum Gasteiger partial charge on any atom is -0.484 e. The Balaban J connectivity index is 1.70. The van der Waals surface area contributed by atoms with Crippen molar-refractivity contribution >= 4 is 39.8 Å². The topological polar surface area (TPSA) is 54.5 Å². The zero-order valence-electron chi connectivity index (χ0n) is 16.3. The summed E-state index contributed by atoms with van der Waals surface area (Å²) >= 11 is 6.17. The molecule has 1 amide bonds. The average molecular weight is 398 g/mol. The average Bonchev–Trinajstić information content (AvgIpc) is 2.71. The molecule has 0 spiro atoms. The second kappa shape index (κ2) is 8.93. The Morgan fingerprint density at radius 3 is 2.71 bits per heavy atom. The molecule has 0 aliphatic carbocycles. The van der Waals surface area contributed by atoms with E-state index in [0.29, 0.717) is 16.5 Å². The molecule has 0 fully saturated rings. The summed E-state index contributed by atoms with van der Waals surface area (Å²) in [6.45, 7) is 7.89. The number of pyridine rings is 1. The molecular weight excluding hydrogens is 374 g/mol. The molecule has 0 bridgehead atoms. The molecule has 1 N–H and O–H groups in total. The van der Waals surface area contributed by atoms with Gasteiger partial charge in [-0.05, 0) is 56.7 Å². The molecule has 28 heavy (non-hydrogen) atoms. The van der Waals surface area contributed by atoms with E-state index < -0.39 is 0 Å². The van der Waals surface area contributed by atoms with E-state index in [2.05, 4.69) is 29.0 Å². The summed E-state index contributed by atoms with van der Waals surface area (Å²) in [5.74, 6) is 0.440. The van der Waals surface area contributed by atoms with Gasteiger partial charge in [0.1, 0.15) is 5.75 Å². The normalized spacial score (nSPS) is 10.7. The first-order valence-electron chi connectivity index (χ1n) is 9.35. The van der Waals surface area contributed by atoms with Crippen molar-refractivity contribution in [3.63, 3.8) is 0 Å². The van der Waals surface area contributed by atoms with Gasteiger partial charge in [-0.15, -0.1) is 0 Å². The van der Waals surface area contributed by atoms with Crippen molar-refractivity contribution in [2.45, 2.75) is 20.8 Å². The lowest BCUT2D eigenvalue weighted by Gasteiger charge is -2.21. The van der Waals surface area contributed by atoms with Gasteiger partial charge in [0.25, 0.3) is 5.91 Å². The van der Waals surface area contributed by atoms with Gasteiger partial charge in [-0.1, -0.05) is 17.7 Å². The number of carbonyl (C=O) groups excluding carboxylic acids is 1. The third kappa shape index (κ3) is 4.37. The molecule has 146 valence electrons. The number of hydrogen-bond donors (Lipinski definition) is 1. The molecule has 0 unspecified atom stereocenters. The van der Waals surface area contributed by atoms with Gasteiger partial charge >= 0.3 is 0 Å². The second-order valence-electron chi connectivity index (χ2n) is 6.43. The van der Waals surface area contributed by atoms with E-state index in [1.165, 1.54) is 0 Å². The molecule has 1 heterocycles. The van der Waals surface area contributed by atoms with E-state index >= 15 is 0 Å². The van der Waals surface area contributed by atoms with Crippen molar-refractivity contribution in [2.75, 3.05) is 29.9 Å². The highest BCUT2D eigenvalue weighted by Gasteiger charge is 2.11. The highest BCUT2D eigenvalue weighted by atomic mass is 35.5. The number of fused-ring (bicyclic) bond motifs is 1. The maximum atomic E-state index is 12.4. The molecule has 0 saturated heterocycles. The predicted molar refractivity (Wildman–Crippen MR) is 116 cm³/mol. The Bertz CT molecular complexity index is 987. The van der Waals surface area contributed by atoms with Gasteiger partial charge in [0.2, 0.25) is 0 Å². The van der Waals surface area contributed by atoms with Crippen molar-refractivity contribution in [3.05, 3.63) is 59.2 Å². The first-order chi connectivity index (χ1) is 13.5. The highest BCUT2D eigenvalue weighted by Crippen LogP contribution is 2.28. The van der Waals surface area contributed by atoms with Crippen LogP contribution in [-0.4, -0.2) is 30.6 Å². The van der Waals surface area contributed by atoms with Crippen LogP contribution >= 0.6 is 11.6 Å². The molecule has 0 aliphatic rings. The van der Waals surface area contributed by atoms with E-state index in [9.17, 15) is 4.79 Å². The van der Waals surface area contributed by atoms with Crippen LogP contribution in [0.4, 0.5) is 11.4 Å². The van der Waals surface area contributed by atoms with Gasteiger partial charge in [-0.2, -0.15) is 0 Å². The van der Waals surface area contributed by atoms with E-state index in [1.807, 2.05) is 43.3 Å². The van der Waals surface area contributed by atoms with Gasteiger partial charge < -0.3 is 15.0 Å². The molecule has 6 heteroatoms. The Morgan fingerprint density at radius 2 is 1.96 bits per heavy atom. The number of nitrogens with one attached hydrogen (secondary N) is 1. The van der Waals surface area contributed by atoms with Crippen LogP contribution in [-0.2, 0) is 4.79 Å². The molecule has 0 radical (unpaired) electrons. The summed E-state index contributed by atoms with van der Waals surface area (Å²) in [7, 11) is 0. The number of hydrogen-bond acceptors (Lipinski definition) is 4. The molecule has 5 nitrogen and oxygen atoms in total. The minimum atomic E-state index is -0.228. The third-order valence-electron chi connectivity index (χ3n) is 4.69. The molecule has 0 saturated carbocycles. The van der Waals surface area contributed by atoms with Crippen LogP contribution < -0.4 is 15.0 Å². The maximum Gasteiger partial charge on any atom is 0.262 e. The predicted octanol–water partition coefficient (Wildman–Crippen LogP) is 5.06. The summed E-state index contributed by atoms with van der Waals surface area (Å²) in [4.78, 5) is 19.0. The lowest BCUT2D eigenvalue weighted by Crippen LogP contribution is -2.22. The quantitative estimate of drug-likeness (QED) is 0.605. The first-order valence-corrected chi connectivity index (χ1v) is 9.72. The lowest BCUT2D eigenvalue weighted by atomic mass is 10.1. The van der Waals surface area contributed by atoms with Gasteiger partial charge in [0, 0.05) is 41.4 Å². The van der Waals surface area contributed by atoms with Crippen LogP contribution in [0.1, 0.15) is 19.4 Å². The first kappa shape index (κ1) is 20.0. The SMILES string of the molecule is CCN(CC)c1cccc(OCC(=O)Nc2ccnc3c(C)c(Cl)ccc23)c1. The number of aromatic nitrogens is 1. The van der Waals surface area contributed by atoms with E-state index in [1.54, 1.807) is 12.3 Å². The van der Waals surface area contributed by atoms with Crippen molar-refractivity contribution in [1.29, 1.82) is 0 Å². The highest BCUT2D eigenvalue weighted by molar-refractivity contribution is 6.32. The van der Waals surface area contributed by atoms with Crippen molar-refractivity contribution in [2.24, 2.45) is 0 Å². The molecule has 3 aromatic rings. The number of benzene rings is 2. The Hall–Kier alpha value is -2.79. The summed E-state index contributed by atoms with van der Waals surface area (Å²) in [5, 5.41) is 4.41. The lowest BCUT2D eigenvalue weighted by molar-refractivity contribution is -0.118. The van der Waals surface area contributed by atoms with Crippen LogP contribution in [0, 0.1) is 6.92 Å². The molecule has 3 rings (SSSR count).